The Balaban J connectivity index is 2.12. The van der Waals surface area contributed by atoms with Crippen molar-refractivity contribution in [2.24, 2.45) is 0 Å². The summed E-state index contributed by atoms with van der Waals surface area (Å²) in [5, 5.41) is 0. The molecule has 243 valence electrons. The molecular weight excluding hydrogens is 627 g/mol. The fourth-order valence-corrected chi connectivity index (χ4v) is 29.3. The van der Waals surface area contributed by atoms with Gasteiger partial charge in [-0.05, 0) is 0 Å². The Kier molecular flexibility index (Phi) is 11.4. The van der Waals surface area contributed by atoms with E-state index in [1.54, 1.807) is 11.1 Å². The van der Waals surface area contributed by atoms with Crippen LogP contribution in [0.15, 0.2) is 35.4 Å². The fraction of sp³-hybridized carbons (Fsp3) is 0.600. The van der Waals surface area contributed by atoms with Crippen molar-refractivity contribution in [3.8, 4) is 0 Å². The first kappa shape index (κ1) is 36.3. The van der Waals surface area contributed by atoms with Crippen LogP contribution < -0.4 is 0 Å². The molecule has 4 rings (SSSR count). The molecule has 2 aromatic rings. The van der Waals surface area contributed by atoms with Crippen LogP contribution in [-0.2, 0) is 12.4 Å². The zero-order valence-electron chi connectivity index (χ0n) is 30.0. The number of unbranched alkanes of at least 4 members (excludes halogenated alkanes) is 2. The first-order valence-corrected chi connectivity index (χ1v) is 29.6. The first-order chi connectivity index (χ1) is 20.6. The number of allylic oxidation sites excluding steroid dienone is 2. The van der Waals surface area contributed by atoms with Crippen molar-refractivity contribution in [3.05, 3.63) is 79.9 Å². The number of rotatable bonds is 13. The zero-order chi connectivity index (χ0) is 32.7. The summed E-state index contributed by atoms with van der Waals surface area (Å²) in [6, 6.07) is 10.1. The quantitative estimate of drug-likeness (QED) is 0.184. The van der Waals surface area contributed by atoms with Gasteiger partial charge in [-0.15, -0.1) is 0 Å². The van der Waals surface area contributed by atoms with E-state index in [1.807, 2.05) is 0 Å². The molecular formula is C40H61Cl2SiTi. The molecule has 0 spiro atoms. The topological polar surface area (TPSA) is 0 Å². The Bertz CT molecular complexity index is 1320. The molecule has 2 unspecified atom stereocenters. The molecule has 0 fully saturated rings. The summed E-state index contributed by atoms with van der Waals surface area (Å²) in [5.74, 6) is 1.85. The van der Waals surface area contributed by atoms with E-state index in [1.165, 1.54) is 70.2 Å². The Morgan fingerprint density at radius 2 is 0.977 bits per heavy atom. The summed E-state index contributed by atoms with van der Waals surface area (Å²) >= 11 is -4.50. The van der Waals surface area contributed by atoms with Crippen LogP contribution >= 0.6 is 18.6 Å². The third-order valence-electron chi connectivity index (χ3n) is 11.0. The van der Waals surface area contributed by atoms with Crippen LogP contribution in [0.4, 0.5) is 0 Å². The van der Waals surface area contributed by atoms with Gasteiger partial charge in [0.15, 0.2) is 0 Å². The van der Waals surface area contributed by atoms with Gasteiger partial charge in [0.1, 0.15) is 0 Å². The standard InChI is InChI=1S/2C19H27.C2H7Si.2ClH.Ti/c2*1-6-7-8-15-9-17-11-16(13(2)3)12-18(14(4)5)19(17)10-15;1-3-2;;;/h2*9-14H,6-8H2,1-5H3;3H,1-2H3;2*1H;/q;;;;;+2/p-2. The third-order valence-corrected chi connectivity index (χ3v) is 46.2. The van der Waals surface area contributed by atoms with Crippen molar-refractivity contribution < 1.29 is 12.4 Å². The average Bonchev–Trinajstić information content (AvgIpc) is 3.52. The van der Waals surface area contributed by atoms with Gasteiger partial charge >= 0.3 is 283 Å². The van der Waals surface area contributed by atoms with Crippen LogP contribution in [0.1, 0.15) is 184 Å². The zero-order valence-corrected chi connectivity index (χ0v) is 34.2. The molecule has 0 radical (unpaired) electrons. The van der Waals surface area contributed by atoms with E-state index < -0.39 is 19.1 Å². The van der Waals surface area contributed by atoms with Gasteiger partial charge < -0.3 is 0 Å². The van der Waals surface area contributed by atoms with Gasteiger partial charge in [0, 0.05) is 0 Å². The monoisotopic (exact) mass is 687 g/mol. The fourth-order valence-electron chi connectivity index (χ4n) is 8.15. The Morgan fingerprint density at radius 1 is 0.614 bits per heavy atom. The minimum atomic E-state index is -4.50. The van der Waals surface area contributed by atoms with E-state index in [0.717, 1.165) is 12.8 Å². The number of benzene rings is 2. The van der Waals surface area contributed by atoms with Crippen molar-refractivity contribution in [1.29, 1.82) is 0 Å². The molecule has 0 saturated heterocycles. The van der Waals surface area contributed by atoms with Crippen LogP contribution in [0.2, 0.25) is 13.1 Å². The molecule has 2 aliphatic carbocycles. The van der Waals surface area contributed by atoms with Gasteiger partial charge in [-0.25, -0.2) is 0 Å². The van der Waals surface area contributed by atoms with Gasteiger partial charge in [-0.3, -0.25) is 0 Å². The van der Waals surface area contributed by atoms with Crippen LogP contribution in [0, 0.1) is 0 Å². The van der Waals surface area contributed by atoms with E-state index >= 15 is 0 Å². The summed E-state index contributed by atoms with van der Waals surface area (Å²) in [6.07, 6.45) is 12.1. The molecule has 4 heteroatoms. The molecule has 0 aromatic heterocycles. The minimum absolute atomic E-state index is 0.172. The van der Waals surface area contributed by atoms with Crippen LogP contribution in [0.25, 0.3) is 12.2 Å². The Labute approximate surface area is 280 Å². The Morgan fingerprint density at radius 3 is 1.25 bits per heavy atom. The molecule has 0 nitrogen and oxygen atoms in total. The third kappa shape index (κ3) is 6.33. The summed E-state index contributed by atoms with van der Waals surface area (Å²) < 4.78 is 0.344. The number of hydrogen-bond acceptors (Lipinski definition) is 0. The molecule has 44 heavy (non-hydrogen) atoms. The molecule has 0 heterocycles. The van der Waals surface area contributed by atoms with Crippen molar-refractivity contribution >= 4 is 37.4 Å². The van der Waals surface area contributed by atoms with Gasteiger partial charge in [0.2, 0.25) is 0 Å². The van der Waals surface area contributed by atoms with Gasteiger partial charge in [0.05, 0.1) is 0 Å². The van der Waals surface area contributed by atoms with Crippen LogP contribution in [-0.4, -0.2) is 6.66 Å². The maximum absolute atomic E-state index is 8.81. The van der Waals surface area contributed by atoms with E-state index in [4.69, 9.17) is 18.6 Å². The van der Waals surface area contributed by atoms with Gasteiger partial charge in [-0.2, -0.15) is 0 Å². The second kappa shape index (κ2) is 13.9. The van der Waals surface area contributed by atoms with E-state index in [-0.39, 0.29) is 8.45 Å². The van der Waals surface area contributed by atoms with Crippen LogP contribution in [0.3, 0.4) is 0 Å². The molecule has 0 saturated carbocycles. The SMILES string of the molecule is CCCCC1=Cc2c(C(C)C)cc(C(C)C)cc2[CH]1[Ti]([Cl])([Cl])([CH]1C(CCCC)=Cc2c(C(C)C)cc(C(C)C)cc21)[SiH](C)C. The second-order valence-corrected chi connectivity index (χ2v) is 45.0. The normalized spacial score (nSPS) is 19.2. The van der Waals surface area contributed by atoms with E-state index in [9.17, 15) is 0 Å². The molecule has 2 atom stereocenters. The Hall–Kier alpha value is -0.569. The number of hydrogen-bond donors (Lipinski definition) is 0. The predicted octanol–water partition coefficient (Wildman–Crippen LogP) is 14.1. The molecule has 0 bridgehead atoms. The predicted molar refractivity (Wildman–Crippen MR) is 200 cm³/mol. The molecule has 0 aliphatic heterocycles. The van der Waals surface area contributed by atoms with E-state index in [0.29, 0.717) is 23.7 Å². The molecule has 0 N–H and O–H groups in total. The summed E-state index contributed by atoms with van der Waals surface area (Å²) in [5.41, 5.74) is 14.8. The van der Waals surface area contributed by atoms with Crippen molar-refractivity contribution in [2.45, 2.75) is 153 Å². The summed E-state index contributed by atoms with van der Waals surface area (Å²) in [4.78, 5) is 0. The molecule has 2 aliphatic rings. The average molecular weight is 689 g/mol. The van der Waals surface area contributed by atoms with Crippen molar-refractivity contribution in [1.82, 2.24) is 0 Å². The number of halogens is 2. The first-order valence-electron chi connectivity index (χ1n) is 17.9. The summed E-state index contributed by atoms with van der Waals surface area (Å²) in [6.45, 7) is 26.8. The van der Waals surface area contributed by atoms with Crippen molar-refractivity contribution in [3.63, 3.8) is 0 Å². The van der Waals surface area contributed by atoms with Gasteiger partial charge in [-0.1, -0.05) is 0 Å². The van der Waals surface area contributed by atoms with Crippen molar-refractivity contribution in [2.75, 3.05) is 0 Å². The number of fused-ring (bicyclic) bond motifs is 2. The van der Waals surface area contributed by atoms with Gasteiger partial charge in [0.25, 0.3) is 0 Å². The molecule has 0 amide bonds. The summed E-state index contributed by atoms with van der Waals surface area (Å²) in [7, 11) is 17.6. The second-order valence-electron chi connectivity index (χ2n) is 15.7. The maximum atomic E-state index is 8.81. The van der Waals surface area contributed by atoms with Crippen LogP contribution in [0.5, 0.6) is 0 Å². The van der Waals surface area contributed by atoms with E-state index in [2.05, 4.69) is 119 Å². The molecule has 2 aromatic carbocycles.